The Hall–Kier alpha value is -1.90. The summed E-state index contributed by atoms with van der Waals surface area (Å²) >= 11 is 0.930. The molecule has 0 aliphatic rings. The van der Waals surface area contributed by atoms with Gasteiger partial charge >= 0.3 is 11.7 Å². The van der Waals surface area contributed by atoms with Crippen LogP contribution < -0.4 is 5.32 Å². The van der Waals surface area contributed by atoms with Crippen LogP contribution in [0.1, 0.15) is 0 Å². The van der Waals surface area contributed by atoms with E-state index in [1.165, 1.54) is 7.11 Å². The van der Waals surface area contributed by atoms with Crippen molar-refractivity contribution in [2.75, 3.05) is 25.2 Å². The first-order valence-corrected chi connectivity index (χ1v) is 5.45. The average molecular weight is 258 g/mol. The van der Waals surface area contributed by atoms with Crippen LogP contribution in [0.4, 0.5) is 11.6 Å². The molecule has 0 bridgehead atoms. The third kappa shape index (κ3) is 3.55. The summed E-state index contributed by atoms with van der Waals surface area (Å²) in [5, 5.41) is 13.5. The lowest BCUT2D eigenvalue weighted by Crippen LogP contribution is -2.05. The zero-order chi connectivity index (χ0) is 12.8. The number of nitrogens with zero attached hydrogens (tertiary/aromatic N) is 3. The molecule has 0 amide bonds. The molecule has 1 aromatic heterocycles. The Kier molecular flexibility index (Phi) is 4.64. The molecular formula is C8H10N4O4S. The minimum atomic E-state index is -0.598. The van der Waals surface area contributed by atoms with Crippen LogP contribution in [0.5, 0.6) is 0 Å². The van der Waals surface area contributed by atoms with Crippen LogP contribution in [0.25, 0.3) is 0 Å². The van der Waals surface area contributed by atoms with Crippen molar-refractivity contribution in [2.45, 2.75) is 5.03 Å². The minimum Gasteiger partial charge on any atom is -0.468 e. The summed E-state index contributed by atoms with van der Waals surface area (Å²) < 4.78 is 4.44. The van der Waals surface area contributed by atoms with Crippen molar-refractivity contribution in [3.8, 4) is 0 Å². The smallest absolute Gasteiger partial charge is 0.319 e. The summed E-state index contributed by atoms with van der Waals surface area (Å²) in [5.41, 5.74) is -0.238. The van der Waals surface area contributed by atoms with E-state index in [0.29, 0.717) is 0 Å². The molecule has 0 aromatic carbocycles. The van der Waals surface area contributed by atoms with Crippen molar-refractivity contribution in [1.82, 2.24) is 9.97 Å². The highest BCUT2D eigenvalue weighted by atomic mass is 32.2. The molecule has 1 rings (SSSR count). The Bertz CT molecular complexity index is 440. The SMILES string of the molecule is CNc1ncc([N+](=O)[O-])c(SCC(=O)OC)n1. The van der Waals surface area contributed by atoms with Crippen molar-refractivity contribution in [2.24, 2.45) is 0 Å². The Morgan fingerprint density at radius 2 is 2.41 bits per heavy atom. The van der Waals surface area contributed by atoms with Crippen molar-refractivity contribution in [1.29, 1.82) is 0 Å². The molecule has 92 valence electrons. The monoisotopic (exact) mass is 258 g/mol. The number of methoxy groups -OCH3 is 1. The van der Waals surface area contributed by atoms with Crippen LogP contribution in [0.2, 0.25) is 0 Å². The molecule has 9 heteroatoms. The Morgan fingerprint density at radius 1 is 1.71 bits per heavy atom. The van der Waals surface area contributed by atoms with Crippen molar-refractivity contribution >= 4 is 29.4 Å². The van der Waals surface area contributed by atoms with Gasteiger partial charge in [-0.25, -0.2) is 4.98 Å². The van der Waals surface area contributed by atoms with Crippen molar-refractivity contribution in [3.05, 3.63) is 16.3 Å². The Labute approximate surface area is 101 Å². The predicted octanol–water partition coefficient (Wildman–Crippen LogP) is 0.692. The van der Waals surface area contributed by atoms with E-state index in [1.807, 2.05) is 0 Å². The maximum Gasteiger partial charge on any atom is 0.319 e. The van der Waals surface area contributed by atoms with Gasteiger partial charge in [-0.3, -0.25) is 14.9 Å². The zero-order valence-electron chi connectivity index (χ0n) is 9.17. The van der Waals surface area contributed by atoms with Gasteiger partial charge in [0.25, 0.3) is 0 Å². The van der Waals surface area contributed by atoms with Crippen LogP contribution >= 0.6 is 11.8 Å². The number of nitrogens with one attached hydrogen (secondary N) is 1. The third-order valence-corrected chi connectivity index (χ3v) is 2.66. The van der Waals surface area contributed by atoms with Crippen LogP contribution in [0.15, 0.2) is 11.2 Å². The number of carbonyl (C=O) groups excluding carboxylic acids is 1. The quantitative estimate of drug-likeness (QED) is 0.270. The average Bonchev–Trinajstić information content (AvgIpc) is 2.35. The molecular weight excluding hydrogens is 248 g/mol. The maximum absolute atomic E-state index is 10.9. The second kappa shape index (κ2) is 5.99. The fraction of sp³-hybridized carbons (Fsp3) is 0.375. The lowest BCUT2D eigenvalue weighted by molar-refractivity contribution is -0.388. The molecule has 0 saturated heterocycles. The second-order valence-electron chi connectivity index (χ2n) is 2.76. The molecule has 0 saturated carbocycles. The highest BCUT2D eigenvalue weighted by Gasteiger charge is 2.18. The molecule has 0 unspecified atom stereocenters. The van der Waals surface area contributed by atoms with E-state index in [2.05, 4.69) is 20.0 Å². The van der Waals surface area contributed by atoms with Crippen molar-refractivity contribution in [3.63, 3.8) is 0 Å². The van der Waals surface area contributed by atoms with Gasteiger partial charge in [0.2, 0.25) is 5.95 Å². The predicted molar refractivity (Wildman–Crippen MR) is 61.0 cm³/mol. The van der Waals surface area contributed by atoms with Crippen LogP contribution in [-0.2, 0) is 9.53 Å². The molecule has 0 radical (unpaired) electrons. The molecule has 1 heterocycles. The van der Waals surface area contributed by atoms with E-state index in [-0.39, 0.29) is 22.4 Å². The van der Waals surface area contributed by atoms with Gasteiger partial charge in [-0.2, -0.15) is 4.98 Å². The number of aromatic nitrogens is 2. The van der Waals surface area contributed by atoms with E-state index < -0.39 is 10.9 Å². The number of carbonyl (C=O) groups is 1. The van der Waals surface area contributed by atoms with Gasteiger partial charge in [-0.15, -0.1) is 0 Å². The van der Waals surface area contributed by atoms with Gasteiger partial charge in [0.1, 0.15) is 6.20 Å². The molecule has 0 spiro atoms. The van der Waals surface area contributed by atoms with E-state index in [1.54, 1.807) is 7.05 Å². The van der Waals surface area contributed by atoms with E-state index >= 15 is 0 Å². The molecule has 0 aliphatic heterocycles. The fourth-order valence-corrected chi connectivity index (χ4v) is 1.70. The number of anilines is 1. The van der Waals surface area contributed by atoms with E-state index in [4.69, 9.17) is 0 Å². The molecule has 8 nitrogen and oxygen atoms in total. The Morgan fingerprint density at radius 3 is 2.94 bits per heavy atom. The number of thioether (sulfide) groups is 1. The first-order valence-electron chi connectivity index (χ1n) is 4.47. The number of rotatable bonds is 5. The topological polar surface area (TPSA) is 107 Å². The Balaban J connectivity index is 2.93. The first-order chi connectivity index (χ1) is 8.08. The maximum atomic E-state index is 10.9. The van der Waals surface area contributed by atoms with E-state index in [9.17, 15) is 14.9 Å². The van der Waals surface area contributed by atoms with E-state index in [0.717, 1.165) is 18.0 Å². The standard InChI is InChI=1S/C8H10N4O4S/c1-9-8-10-3-5(12(14)15)7(11-8)17-4-6(13)16-2/h3H,4H2,1-2H3,(H,9,10,11). The normalized spacial score (nSPS) is 9.76. The van der Waals surface area contributed by atoms with Gasteiger partial charge in [0.05, 0.1) is 17.8 Å². The van der Waals surface area contributed by atoms with Crippen LogP contribution in [0, 0.1) is 10.1 Å². The summed E-state index contributed by atoms with van der Waals surface area (Å²) in [5.74, 6) is -0.269. The molecule has 1 aromatic rings. The summed E-state index contributed by atoms with van der Waals surface area (Å²) in [6.07, 6.45) is 1.10. The van der Waals surface area contributed by atoms with Gasteiger partial charge in [0.15, 0.2) is 5.03 Å². The molecule has 0 fully saturated rings. The molecule has 0 aliphatic carbocycles. The third-order valence-electron chi connectivity index (χ3n) is 1.71. The number of hydrogen-bond acceptors (Lipinski definition) is 8. The number of ether oxygens (including phenoxy) is 1. The minimum absolute atomic E-state index is 0.0441. The summed E-state index contributed by atoms with van der Waals surface area (Å²) in [6.45, 7) is 0. The number of hydrogen-bond donors (Lipinski definition) is 1. The van der Waals surface area contributed by atoms with Gasteiger partial charge in [-0.05, 0) is 0 Å². The lowest BCUT2D eigenvalue weighted by atomic mass is 10.5. The zero-order valence-corrected chi connectivity index (χ0v) is 9.98. The fourth-order valence-electron chi connectivity index (χ4n) is 0.898. The van der Waals surface area contributed by atoms with Crippen molar-refractivity contribution < 1.29 is 14.5 Å². The lowest BCUT2D eigenvalue weighted by Gasteiger charge is -2.03. The second-order valence-corrected chi connectivity index (χ2v) is 3.72. The summed E-state index contributed by atoms with van der Waals surface area (Å²) in [7, 11) is 2.84. The highest BCUT2D eigenvalue weighted by molar-refractivity contribution is 8.00. The van der Waals surface area contributed by atoms with Crippen LogP contribution in [0.3, 0.4) is 0 Å². The number of esters is 1. The highest BCUT2D eigenvalue weighted by Crippen LogP contribution is 2.27. The first kappa shape index (κ1) is 13.2. The summed E-state index contributed by atoms with van der Waals surface area (Å²) in [4.78, 5) is 28.7. The van der Waals surface area contributed by atoms with Gasteiger partial charge < -0.3 is 10.1 Å². The molecule has 1 N–H and O–H groups in total. The summed E-state index contributed by atoms with van der Waals surface area (Å²) in [6, 6.07) is 0. The number of nitro groups is 1. The largest absolute Gasteiger partial charge is 0.468 e. The van der Waals surface area contributed by atoms with Crippen LogP contribution in [-0.4, -0.2) is 40.8 Å². The molecule has 0 atom stereocenters. The van der Waals surface area contributed by atoms with Gasteiger partial charge in [-0.1, -0.05) is 11.8 Å². The molecule has 17 heavy (non-hydrogen) atoms. The van der Waals surface area contributed by atoms with Gasteiger partial charge in [0, 0.05) is 7.05 Å².